The molecule has 0 saturated carbocycles. The van der Waals surface area contributed by atoms with Gasteiger partial charge in [0.25, 0.3) is 0 Å². The minimum absolute atomic E-state index is 0.261. The number of hydrogen-bond acceptors (Lipinski definition) is 5. The maximum atomic E-state index is 9.03. The van der Waals surface area contributed by atoms with E-state index in [0.717, 1.165) is 56.6 Å². The van der Waals surface area contributed by atoms with Crippen LogP contribution in [0.4, 0.5) is 0 Å². The lowest BCUT2D eigenvalue weighted by Crippen LogP contribution is -2.38. The van der Waals surface area contributed by atoms with Crippen molar-refractivity contribution in [3.05, 3.63) is 23.3 Å². The SMILES string of the molecule is CCOc1cc2c(cc1CNCC1CCN(CCO)CC1)O[C@@H](C)C2. The second-order valence-electron chi connectivity index (χ2n) is 7.27. The molecule has 1 aromatic rings. The van der Waals surface area contributed by atoms with Gasteiger partial charge in [-0.25, -0.2) is 0 Å². The average Bonchev–Trinajstić information content (AvgIpc) is 2.96. The molecule has 0 bridgehead atoms. The van der Waals surface area contributed by atoms with Gasteiger partial charge in [0, 0.05) is 30.6 Å². The van der Waals surface area contributed by atoms with E-state index in [-0.39, 0.29) is 12.7 Å². The number of likely N-dealkylation sites (tertiary alicyclic amines) is 1. The van der Waals surface area contributed by atoms with Crippen molar-refractivity contribution in [3.63, 3.8) is 0 Å². The van der Waals surface area contributed by atoms with Crippen LogP contribution in [0.25, 0.3) is 0 Å². The molecule has 1 fully saturated rings. The van der Waals surface area contributed by atoms with E-state index in [9.17, 15) is 0 Å². The molecule has 0 radical (unpaired) electrons. The lowest BCUT2D eigenvalue weighted by Gasteiger charge is -2.31. The minimum Gasteiger partial charge on any atom is -0.494 e. The van der Waals surface area contributed by atoms with Crippen LogP contribution in [0.15, 0.2) is 12.1 Å². The van der Waals surface area contributed by atoms with Crippen molar-refractivity contribution in [3.8, 4) is 11.5 Å². The van der Waals surface area contributed by atoms with Gasteiger partial charge in [-0.2, -0.15) is 0 Å². The topological polar surface area (TPSA) is 54.0 Å². The molecule has 0 aromatic heterocycles. The summed E-state index contributed by atoms with van der Waals surface area (Å²) in [7, 11) is 0. The van der Waals surface area contributed by atoms with Gasteiger partial charge in [0.15, 0.2) is 0 Å². The van der Waals surface area contributed by atoms with E-state index in [1.54, 1.807) is 0 Å². The number of fused-ring (bicyclic) bond motifs is 1. The highest BCUT2D eigenvalue weighted by atomic mass is 16.5. The molecule has 2 N–H and O–H groups in total. The molecule has 2 aliphatic heterocycles. The fourth-order valence-electron chi connectivity index (χ4n) is 3.88. The van der Waals surface area contributed by atoms with Crippen molar-refractivity contribution in [2.24, 2.45) is 5.92 Å². The van der Waals surface area contributed by atoms with Crippen molar-refractivity contribution in [2.45, 2.75) is 45.8 Å². The minimum atomic E-state index is 0.261. The molecule has 1 aromatic carbocycles. The lowest BCUT2D eigenvalue weighted by molar-refractivity contribution is 0.146. The molecular formula is C20H32N2O3. The summed E-state index contributed by atoms with van der Waals surface area (Å²) in [5.74, 6) is 2.73. The average molecular weight is 348 g/mol. The van der Waals surface area contributed by atoms with Gasteiger partial charge in [-0.15, -0.1) is 0 Å². The zero-order valence-corrected chi connectivity index (χ0v) is 15.6. The molecule has 2 heterocycles. The largest absolute Gasteiger partial charge is 0.494 e. The van der Waals surface area contributed by atoms with Crippen LogP contribution in [-0.4, -0.2) is 55.5 Å². The standard InChI is InChI=1S/C20H32N2O3/c1-3-24-19-11-17-10-15(2)25-20(17)12-18(19)14-21-13-16-4-6-22(7-5-16)8-9-23/h11-12,15-16,21,23H,3-10,13-14H2,1-2H3/t15-/m0/s1. The van der Waals surface area contributed by atoms with Crippen molar-refractivity contribution in [1.82, 2.24) is 10.2 Å². The molecule has 3 rings (SSSR count). The summed E-state index contributed by atoms with van der Waals surface area (Å²) >= 11 is 0. The van der Waals surface area contributed by atoms with Gasteiger partial charge in [-0.1, -0.05) is 0 Å². The number of aliphatic hydroxyl groups is 1. The second-order valence-corrected chi connectivity index (χ2v) is 7.27. The second kappa shape index (κ2) is 8.88. The van der Waals surface area contributed by atoms with Crippen LogP contribution < -0.4 is 14.8 Å². The Morgan fingerprint density at radius 2 is 2.12 bits per heavy atom. The Morgan fingerprint density at radius 3 is 2.84 bits per heavy atom. The summed E-state index contributed by atoms with van der Waals surface area (Å²) in [6, 6.07) is 4.31. The molecule has 2 aliphatic rings. The molecule has 1 saturated heterocycles. The van der Waals surface area contributed by atoms with Gasteiger partial charge >= 0.3 is 0 Å². The number of ether oxygens (including phenoxy) is 2. The molecule has 0 unspecified atom stereocenters. The van der Waals surface area contributed by atoms with Crippen molar-refractivity contribution in [2.75, 3.05) is 39.4 Å². The van der Waals surface area contributed by atoms with Gasteiger partial charge in [0.2, 0.25) is 0 Å². The fraction of sp³-hybridized carbons (Fsp3) is 0.700. The number of nitrogens with zero attached hydrogens (tertiary/aromatic N) is 1. The fourth-order valence-corrected chi connectivity index (χ4v) is 3.88. The Kier molecular flexibility index (Phi) is 6.57. The van der Waals surface area contributed by atoms with Crippen LogP contribution in [-0.2, 0) is 13.0 Å². The third-order valence-electron chi connectivity index (χ3n) is 5.25. The molecule has 5 heteroatoms. The van der Waals surface area contributed by atoms with Gasteiger partial charge in [-0.05, 0) is 64.4 Å². The number of nitrogens with one attached hydrogen (secondary N) is 1. The molecule has 25 heavy (non-hydrogen) atoms. The van der Waals surface area contributed by atoms with Crippen molar-refractivity contribution >= 4 is 0 Å². The summed E-state index contributed by atoms with van der Waals surface area (Å²) in [6.07, 6.45) is 3.64. The highest BCUT2D eigenvalue weighted by molar-refractivity contribution is 5.48. The van der Waals surface area contributed by atoms with E-state index in [1.165, 1.54) is 24.0 Å². The third kappa shape index (κ3) is 4.87. The molecule has 140 valence electrons. The lowest BCUT2D eigenvalue weighted by atomic mass is 9.96. The zero-order chi connectivity index (χ0) is 17.6. The van der Waals surface area contributed by atoms with Crippen LogP contribution in [0, 0.1) is 5.92 Å². The Labute approximate surface area is 151 Å². The van der Waals surface area contributed by atoms with E-state index in [2.05, 4.69) is 29.3 Å². The van der Waals surface area contributed by atoms with Gasteiger partial charge in [0.05, 0.1) is 13.2 Å². The van der Waals surface area contributed by atoms with Crippen LogP contribution in [0.2, 0.25) is 0 Å². The van der Waals surface area contributed by atoms with Gasteiger partial charge in [0.1, 0.15) is 17.6 Å². The monoisotopic (exact) mass is 348 g/mol. The number of benzene rings is 1. The smallest absolute Gasteiger partial charge is 0.124 e. The van der Waals surface area contributed by atoms with Crippen molar-refractivity contribution < 1.29 is 14.6 Å². The van der Waals surface area contributed by atoms with E-state index in [0.29, 0.717) is 6.61 Å². The van der Waals surface area contributed by atoms with E-state index in [4.69, 9.17) is 14.6 Å². The van der Waals surface area contributed by atoms with Gasteiger partial charge < -0.3 is 24.8 Å². The van der Waals surface area contributed by atoms with Crippen LogP contribution in [0.3, 0.4) is 0 Å². The summed E-state index contributed by atoms with van der Waals surface area (Å²) in [6.45, 7) is 9.96. The molecule has 5 nitrogen and oxygen atoms in total. The number of piperidine rings is 1. The number of β-amino-alcohol motifs (C(OH)–C–C–N with tert-alkyl or cyclic N) is 1. The van der Waals surface area contributed by atoms with Gasteiger partial charge in [-0.3, -0.25) is 0 Å². The maximum Gasteiger partial charge on any atom is 0.124 e. The Balaban J connectivity index is 1.52. The van der Waals surface area contributed by atoms with Crippen LogP contribution in [0.5, 0.6) is 11.5 Å². The first kappa shape index (κ1) is 18.5. The van der Waals surface area contributed by atoms with Crippen LogP contribution in [0.1, 0.15) is 37.8 Å². The van der Waals surface area contributed by atoms with Crippen LogP contribution >= 0.6 is 0 Å². The number of rotatable bonds is 8. The molecule has 0 aliphatic carbocycles. The Morgan fingerprint density at radius 1 is 1.32 bits per heavy atom. The quantitative estimate of drug-likeness (QED) is 0.754. The highest BCUT2D eigenvalue weighted by Gasteiger charge is 2.22. The highest BCUT2D eigenvalue weighted by Crippen LogP contribution is 2.35. The number of hydrogen-bond donors (Lipinski definition) is 2. The summed E-state index contributed by atoms with van der Waals surface area (Å²) < 4.78 is 11.8. The maximum absolute atomic E-state index is 9.03. The number of aliphatic hydroxyl groups excluding tert-OH is 1. The first-order chi connectivity index (χ1) is 12.2. The molecular weight excluding hydrogens is 316 g/mol. The summed E-state index contributed by atoms with van der Waals surface area (Å²) in [5, 5.41) is 12.6. The van der Waals surface area contributed by atoms with Crippen molar-refractivity contribution in [1.29, 1.82) is 0 Å². The first-order valence-electron chi connectivity index (χ1n) is 9.68. The summed E-state index contributed by atoms with van der Waals surface area (Å²) in [4.78, 5) is 2.35. The van der Waals surface area contributed by atoms with E-state index in [1.807, 2.05) is 6.92 Å². The zero-order valence-electron chi connectivity index (χ0n) is 15.6. The Bertz CT molecular complexity index is 556. The van der Waals surface area contributed by atoms with E-state index < -0.39 is 0 Å². The first-order valence-corrected chi connectivity index (χ1v) is 9.68. The van der Waals surface area contributed by atoms with E-state index >= 15 is 0 Å². The Hall–Kier alpha value is -1.30. The summed E-state index contributed by atoms with van der Waals surface area (Å²) in [5.41, 5.74) is 2.45. The normalized spacial score (nSPS) is 21.2. The molecule has 1 atom stereocenters. The predicted molar refractivity (Wildman–Crippen MR) is 99.4 cm³/mol. The predicted octanol–water partition coefficient (Wildman–Crippen LogP) is 2.20. The molecule has 0 amide bonds. The molecule has 0 spiro atoms. The third-order valence-corrected chi connectivity index (χ3v) is 5.25.